The molecule has 0 atom stereocenters. The summed E-state index contributed by atoms with van der Waals surface area (Å²) < 4.78 is 1.97. The van der Waals surface area contributed by atoms with Crippen LogP contribution >= 0.6 is 0 Å². The highest BCUT2D eigenvalue weighted by atomic mass is 15.0. The number of imidazole rings is 1. The fourth-order valence-corrected chi connectivity index (χ4v) is 0.989. The second kappa shape index (κ2) is 4.13. The van der Waals surface area contributed by atoms with Crippen molar-refractivity contribution in [1.29, 1.82) is 0 Å². The smallest absolute Gasteiger partial charge is 0.0946 e. The van der Waals surface area contributed by atoms with Gasteiger partial charge in [0.05, 0.1) is 12.0 Å². The molecule has 0 aliphatic heterocycles. The first-order valence-corrected chi connectivity index (χ1v) is 4.00. The lowest BCUT2D eigenvalue weighted by atomic mass is 10.3. The molecule has 3 heteroatoms. The van der Waals surface area contributed by atoms with Gasteiger partial charge in [-0.15, -0.1) is 0 Å². The van der Waals surface area contributed by atoms with E-state index in [0.29, 0.717) is 0 Å². The van der Waals surface area contributed by atoms with Crippen LogP contribution < -0.4 is 5.32 Å². The predicted molar refractivity (Wildman–Crippen MR) is 45.5 cm³/mol. The van der Waals surface area contributed by atoms with Crippen molar-refractivity contribution >= 4 is 0 Å². The van der Waals surface area contributed by atoms with E-state index in [0.717, 1.165) is 25.2 Å². The van der Waals surface area contributed by atoms with Crippen LogP contribution in [-0.2, 0) is 13.5 Å². The fraction of sp³-hybridized carbons (Fsp3) is 0.625. The molecule has 0 saturated heterocycles. The van der Waals surface area contributed by atoms with Gasteiger partial charge in [-0.3, -0.25) is 0 Å². The van der Waals surface area contributed by atoms with Crippen molar-refractivity contribution in [3.8, 4) is 0 Å². The number of nitrogens with zero attached hydrogens (tertiary/aromatic N) is 2. The number of nitrogens with one attached hydrogen (secondary N) is 1. The molecule has 0 bridgehead atoms. The van der Waals surface area contributed by atoms with Gasteiger partial charge in [0.2, 0.25) is 0 Å². The molecule has 0 aliphatic rings. The van der Waals surface area contributed by atoms with Gasteiger partial charge in [-0.05, 0) is 6.54 Å². The molecule has 0 fully saturated rings. The second-order valence-electron chi connectivity index (χ2n) is 2.63. The van der Waals surface area contributed by atoms with E-state index in [1.165, 1.54) is 0 Å². The average Bonchev–Trinajstić information content (AvgIpc) is 2.37. The largest absolute Gasteiger partial charge is 0.340 e. The van der Waals surface area contributed by atoms with Crippen LogP contribution in [0.25, 0.3) is 0 Å². The summed E-state index contributed by atoms with van der Waals surface area (Å²) in [6, 6.07) is 0. The third kappa shape index (κ3) is 2.72. The molecule has 1 aromatic heterocycles. The molecule has 1 N–H and O–H groups in total. The van der Waals surface area contributed by atoms with E-state index in [4.69, 9.17) is 0 Å². The Morgan fingerprint density at radius 1 is 1.64 bits per heavy atom. The summed E-state index contributed by atoms with van der Waals surface area (Å²) in [5.74, 6) is 0. The van der Waals surface area contributed by atoms with Crippen LogP contribution in [-0.4, -0.2) is 22.6 Å². The quantitative estimate of drug-likeness (QED) is 0.641. The summed E-state index contributed by atoms with van der Waals surface area (Å²) in [4.78, 5) is 4.21. The third-order valence-electron chi connectivity index (χ3n) is 1.57. The van der Waals surface area contributed by atoms with E-state index in [1.54, 1.807) is 0 Å². The molecule has 0 radical (unpaired) electrons. The molecular formula is C8H15N3. The van der Waals surface area contributed by atoms with E-state index in [1.807, 2.05) is 17.9 Å². The van der Waals surface area contributed by atoms with Crippen molar-refractivity contribution in [3.63, 3.8) is 0 Å². The van der Waals surface area contributed by atoms with Crippen LogP contribution in [0.3, 0.4) is 0 Å². The maximum absolute atomic E-state index is 4.21. The molecule has 0 saturated carbocycles. The van der Waals surface area contributed by atoms with Gasteiger partial charge in [0.25, 0.3) is 0 Å². The molecular weight excluding hydrogens is 138 g/mol. The number of aromatic nitrogens is 2. The van der Waals surface area contributed by atoms with E-state index in [9.17, 15) is 0 Å². The maximum Gasteiger partial charge on any atom is 0.0946 e. The minimum atomic E-state index is 1.02. The standard InChI is InChI=1S/C8H15N3/c1-3-9-5-4-8-6-11(2)7-10-8/h6-7,9H,3-5H2,1-2H3. The second-order valence-corrected chi connectivity index (χ2v) is 2.63. The Labute approximate surface area is 67.4 Å². The monoisotopic (exact) mass is 153 g/mol. The van der Waals surface area contributed by atoms with Gasteiger partial charge in [-0.1, -0.05) is 6.92 Å². The normalized spacial score (nSPS) is 10.4. The zero-order valence-electron chi connectivity index (χ0n) is 7.17. The molecule has 3 nitrogen and oxygen atoms in total. The van der Waals surface area contributed by atoms with Gasteiger partial charge in [0, 0.05) is 26.2 Å². The van der Waals surface area contributed by atoms with Crippen LogP contribution in [0.15, 0.2) is 12.5 Å². The topological polar surface area (TPSA) is 29.9 Å². The van der Waals surface area contributed by atoms with Crippen LogP contribution in [0.1, 0.15) is 12.6 Å². The lowest BCUT2D eigenvalue weighted by Crippen LogP contribution is -2.16. The lowest BCUT2D eigenvalue weighted by Gasteiger charge is -1.96. The van der Waals surface area contributed by atoms with Crippen molar-refractivity contribution in [2.75, 3.05) is 13.1 Å². The number of aryl methyl sites for hydroxylation is 1. The Balaban J connectivity index is 2.27. The first-order valence-electron chi connectivity index (χ1n) is 4.00. The zero-order valence-corrected chi connectivity index (χ0v) is 7.17. The molecule has 0 aliphatic carbocycles. The highest BCUT2D eigenvalue weighted by molar-refractivity contribution is 4.96. The zero-order chi connectivity index (χ0) is 8.10. The molecule has 1 aromatic rings. The van der Waals surface area contributed by atoms with Crippen molar-refractivity contribution in [3.05, 3.63) is 18.2 Å². The molecule has 1 heterocycles. The number of likely N-dealkylation sites (N-methyl/N-ethyl adjacent to an activating group) is 1. The minimum absolute atomic E-state index is 1.02. The summed E-state index contributed by atoms with van der Waals surface area (Å²) >= 11 is 0. The van der Waals surface area contributed by atoms with E-state index in [-0.39, 0.29) is 0 Å². The average molecular weight is 153 g/mol. The number of hydrogen-bond donors (Lipinski definition) is 1. The molecule has 0 amide bonds. The van der Waals surface area contributed by atoms with Crippen LogP contribution in [0.5, 0.6) is 0 Å². The Morgan fingerprint density at radius 2 is 2.45 bits per heavy atom. The summed E-state index contributed by atoms with van der Waals surface area (Å²) in [6.07, 6.45) is 4.91. The molecule has 0 spiro atoms. The summed E-state index contributed by atoms with van der Waals surface area (Å²) in [6.45, 7) is 4.17. The van der Waals surface area contributed by atoms with Crippen LogP contribution in [0.4, 0.5) is 0 Å². The first kappa shape index (κ1) is 8.27. The Kier molecular flexibility index (Phi) is 3.11. The van der Waals surface area contributed by atoms with Gasteiger partial charge in [0.15, 0.2) is 0 Å². The SMILES string of the molecule is CCNCCc1cn(C)cn1. The van der Waals surface area contributed by atoms with Crippen LogP contribution in [0.2, 0.25) is 0 Å². The highest BCUT2D eigenvalue weighted by Gasteiger charge is 1.93. The minimum Gasteiger partial charge on any atom is -0.340 e. The van der Waals surface area contributed by atoms with Crippen molar-refractivity contribution in [2.24, 2.45) is 7.05 Å². The van der Waals surface area contributed by atoms with Crippen LogP contribution in [0, 0.1) is 0 Å². The maximum atomic E-state index is 4.21. The fourth-order valence-electron chi connectivity index (χ4n) is 0.989. The third-order valence-corrected chi connectivity index (χ3v) is 1.57. The van der Waals surface area contributed by atoms with Gasteiger partial charge in [0.1, 0.15) is 0 Å². The van der Waals surface area contributed by atoms with Crippen molar-refractivity contribution in [2.45, 2.75) is 13.3 Å². The Morgan fingerprint density at radius 3 is 3.00 bits per heavy atom. The van der Waals surface area contributed by atoms with Crippen molar-refractivity contribution < 1.29 is 0 Å². The van der Waals surface area contributed by atoms with E-state index >= 15 is 0 Å². The molecule has 11 heavy (non-hydrogen) atoms. The Bertz CT molecular complexity index is 205. The van der Waals surface area contributed by atoms with E-state index < -0.39 is 0 Å². The van der Waals surface area contributed by atoms with Gasteiger partial charge < -0.3 is 9.88 Å². The predicted octanol–water partition coefficient (Wildman–Crippen LogP) is 0.572. The lowest BCUT2D eigenvalue weighted by molar-refractivity contribution is 0.709. The van der Waals surface area contributed by atoms with Gasteiger partial charge in [-0.25, -0.2) is 4.98 Å². The first-order chi connectivity index (χ1) is 5.33. The molecule has 0 unspecified atom stereocenters. The Hall–Kier alpha value is -0.830. The molecule has 0 aromatic carbocycles. The van der Waals surface area contributed by atoms with Gasteiger partial charge >= 0.3 is 0 Å². The van der Waals surface area contributed by atoms with E-state index in [2.05, 4.69) is 23.4 Å². The summed E-state index contributed by atoms with van der Waals surface area (Å²) in [5.41, 5.74) is 1.16. The number of hydrogen-bond acceptors (Lipinski definition) is 2. The highest BCUT2D eigenvalue weighted by Crippen LogP contribution is 1.93. The molecule has 1 rings (SSSR count). The molecule has 62 valence electrons. The summed E-state index contributed by atoms with van der Waals surface area (Å²) in [7, 11) is 1.99. The number of rotatable bonds is 4. The summed E-state index contributed by atoms with van der Waals surface area (Å²) in [5, 5.41) is 3.26. The van der Waals surface area contributed by atoms with Gasteiger partial charge in [-0.2, -0.15) is 0 Å². The van der Waals surface area contributed by atoms with Crippen molar-refractivity contribution in [1.82, 2.24) is 14.9 Å².